The lowest BCUT2D eigenvalue weighted by molar-refractivity contribution is 0.0978. The second-order valence-electron chi connectivity index (χ2n) is 16.0. The number of nitrogens with one attached hydrogen (secondary N) is 2. The van der Waals surface area contributed by atoms with Gasteiger partial charge in [0.2, 0.25) is 20.0 Å². The first kappa shape index (κ1) is 43.9. The molecule has 0 bridgehead atoms. The number of hydrogen-bond acceptors (Lipinski definition) is 8. The monoisotopic (exact) mass is 760 g/mol. The summed E-state index contributed by atoms with van der Waals surface area (Å²) < 4.78 is 58.3. The van der Waals surface area contributed by atoms with Crippen LogP contribution in [0.3, 0.4) is 0 Å². The number of rotatable bonds is 24. The predicted molar refractivity (Wildman–Crippen MR) is 210 cm³/mol. The van der Waals surface area contributed by atoms with E-state index in [1.807, 2.05) is 0 Å². The summed E-state index contributed by atoms with van der Waals surface area (Å²) in [4.78, 5) is 31.7. The molecule has 0 aromatic heterocycles. The Hall–Kier alpha value is -2.48. The van der Waals surface area contributed by atoms with Gasteiger partial charge in [0.15, 0.2) is 11.6 Å². The van der Waals surface area contributed by atoms with Crippen LogP contribution in [0.25, 0.3) is 0 Å². The molecule has 292 valence electrons. The lowest BCUT2D eigenvalue weighted by Crippen LogP contribution is -2.32. The van der Waals surface area contributed by atoms with Gasteiger partial charge < -0.3 is 9.80 Å². The molecule has 3 rings (SSSR count). The van der Waals surface area contributed by atoms with E-state index in [0.29, 0.717) is 36.5 Å². The molecule has 0 amide bonds. The van der Waals surface area contributed by atoms with Crippen LogP contribution in [-0.4, -0.2) is 90.6 Å². The topological polar surface area (TPSA) is 133 Å². The Kier molecular flexibility index (Phi) is 17.1. The van der Waals surface area contributed by atoms with E-state index in [-0.39, 0.29) is 45.1 Å². The van der Waals surface area contributed by atoms with Crippen LogP contribution in [0.5, 0.6) is 0 Å². The SMILES string of the molecule is CC(C)CCN(CCCNS(=O)(=O)c1ccc2c(c1)C(=O)c1ccc(S(=O)(=O)NCCCN(CCC(C)C)CCC(C)C)cc1C2=O)CCC(C)C. The molecule has 10 nitrogen and oxygen atoms in total. The largest absolute Gasteiger partial charge is 0.303 e. The van der Waals surface area contributed by atoms with Crippen LogP contribution in [0.15, 0.2) is 46.2 Å². The third-order valence-electron chi connectivity index (χ3n) is 9.56. The molecule has 1 aliphatic carbocycles. The van der Waals surface area contributed by atoms with E-state index >= 15 is 0 Å². The summed E-state index contributed by atoms with van der Waals surface area (Å²) in [6.07, 6.45) is 5.61. The van der Waals surface area contributed by atoms with Gasteiger partial charge in [-0.05, 0) is 138 Å². The molecule has 0 saturated heterocycles. The highest BCUT2D eigenvalue weighted by molar-refractivity contribution is 7.89. The van der Waals surface area contributed by atoms with Crippen LogP contribution in [0, 0.1) is 23.7 Å². The predicted octanol–water partition coefficient (Wildman–Crippen LogP) is 6.59. The quantitative estimate of drug-likeness (QED) is 0.0979. The lowest BCUT2D eigenvalue weighted by Gasteiger charge is -2.24. The van der Waals surface area contributed by atoms with Crippen molar-refractivity contribution in [2.24, 2.45) is 23.7 Å². The van der Waals surface area contributed by atoms with Crippen LogP contribution < -0.4 is 9.44 Å². The first-order chi connectivity index (χ1) is 24.4. The maximum atomic E-state index is 13.6. The summed E-state index contributed by atoms with van der Waals surface area (Å²) in [5, 5.41) is 0. The second-order valence-corrected chi connectivity index (χ2v) is 19.5. The zero-order valence-corrected chi connectivity index (χ0v) is 34.5. The standard InChI is InChI=1S/C40H64N4O6S2/c1-29(2)15-23-43(24-16-30(3)4)21-9-19-41-51(47,48)33-11-13-35-37(27-33)39(45)36-14-12-34(28-38(36)40(35)46)52(49,50)42-20-10-22-44(25-17-31(5)6)26-18-32(7)8/h11-14,27-32,41-42H,9-10,15-26H2,1-8H3. The van der Waals surface area contributed by atoms with Gasteiger partial charge in [0, 0.05) is 35.3 Å². The molecular formula is C40H64N4O6S2. The molecule has 52 heavy (non-hydrogen) atoms. The molecular weight excluding hydrogens is 697 g/mol. The van der Waals surface area contributed by atoms with Crippen LogP contribution in [0.4, 0.5) is 0 Å². The maximum Gasteiger partial charge on any atom is 0.240 e. The molecule has 0 spiro atoms. The Balaban J connectivity index is 1.65. The number of carbonyl (C=O) groups excluding carboxylic acids is 2. The Morgan fingerprint density at radius 2 is 0.788 bits per heavy atom. The highest BCUT2D eigenvalue weighted by Crippen LogP contribution is 2.30. The van der Waals surface area contributed by atoms with E-state index in [4.69, 9.17) is 0 Å². The molecule has 2 aromatic carbocycles. The minimum atomic E-state index is -3.94. The van der Waals surface area contributed by atoms with Crippen LogP contribution in [-0.2, 0) is 20.0 Å². The molecule has 2 aromatic rings. The fraction of sp³-hybridized carbons (Fsp3) is 0.650. The average Bonchev–Trinajstić information content (AvgIpc) is 3.08. The minimum absolute atomic E-state index is 0.0119. The van der Waals surface area contributed by atoms with E-state index in [9.17, 15) is 26.4 Å². The number of carbonyl (C=O) groups is 2. The van der Waals surface area contributed by atoms with Crippen molar-refractivity contribution in [1.82, 2.24) is 19.2 Å². The van der Waals surface area contributed by atoms with Crippen LogP contribution in [0.2, 0.25) is 0 Å². The molecule has 0 heterocycles. The van der Waals surface area contributed by atoms with Crippen molar-refractivity contribution < 1.29 is 26.4 Å². The number of benzene rings is 2. The van der Waals surface area contributed by atoms with Gasteiger partial charge >= 0.3 is 0 Å². The van der Waals surface area contributed by atoms with Crippen LogP contribution >= 0.6 is 0 Å². The highest BCUT2D eigenvalue weighted by atomic mass is 32.2. The van der Waals surface area contributed by atoms with Gasteiger partial charge in [-0.3, -0.25) is 9.59 Å². The Morgan fingerprint density at radius 3 is 1.08 bits per heavy atom. The Morgan fingerprint density at radius 1 is 0.481 bits per heavy atom. The van der Waals surface area contributed by atoms with Crippen LogP contribution in [0.1, 0.15) is 126 Å². The molecule has 2 N–H and O–H groups in total. The summed E-state index contributed by atoms with van der Waals surface area (Å²) in [7, 11) is -7.88. The van der Waals surface area contributed by atoms with E-state index in [1.165, 1.54) is 36.4 Å². The van der Waals surface area contributed by atoms with Crippen molar-refractivity contribution in [1.29, 1.82) is 0 Å². The zero-order chi connectivity index (χ0) is 38.6. The summed E-state index contributed by atoms with van der Waals surface area (Å²) >= 11 is 0. The Labute approximate surface area is 314 Å². The van der Waals surface area contributed by atoms with Gasteiger partial charge in [-0.1, -0.05) is 55.4 Å². The van der Waals surface area contributed by atoms with Gasteiger partial charge in [0.25, 0.3) is 0 Å². The van der Waals surface area contributed by atoms with Crippen molar-refractivity contribution in [3.63, 3.8) is 0 Å². The highest BCUT2D eigenvalue weighted by Gasteiger charge is 2.32. The van der Waals surface area contributed by atoms with Gasteiger partial charge in [-0.25, -0.2) is 26.3 Å². The first-order valence-corrected chi connectivity index (χ1v) is 22.2. The average molecular weight is 761 g/mol. The third kappa shape index (κ3) is 13.4. The molecule has 0 atom stereocenters. The second kappa shape index (κ2) is 20.3. The smallest absolute Gasteiger partial charge is 0.240 e. The van der Waals surface area contributed by atoms with E-state index in [2.05, 4.69) is 74.6 Å². The number of hydrogen-bond donors (Lipinski definition) is 2. The number of ketones is 2. The number of sulfonamides is 2. The summed E-state index contributed by atoms with van der Waals surface area (Å²) in [6.45, 7) is 23.5. The van der Waals surface area contributed by atoms with Crippen molar-refractivity contribution in [3.05, 3.63) is 58.7 Å². The summed E-state index contributed by atoms with van der Waals surface area (Å²) in [5.74, 6) is 1.32. The zero-order valence-electron chi connectivity index (χ0n) is 32.8. The van der Waals surface area contributed by atoms with E-state index in [0.717, 1.165) is 65.0 Å². The van der Waals surface area contributed by atoms with Crippen molar-refractivity contribution in [3.8, 4) is 0 Å². The fourth-order valence-electron chi connectivity index (χ4n) is 6.06. The molecule has 0 unspecified atom stereocenters. The normalized spacial score (nSPS) is 13.7. The number of fused-ring (bicyclic) bond motifs is 2. The molecule has 0 saturated carbocycles. The number of nitrogens with zero attached hydrogens (tertiary/aromatic N) is 2. The molecule has 12 heteroatoms. The van der Waals surface area contributed by atoms with Crippen molar-refractivity contribution >= 4 is 31.6 Å². The summed E-state index contributed by atoms with van der Waals surface area (Å²) in [6, 6.07) is 7.82. The van der Waals surface area contributed by atoms with E-state index < -0.39 is 31.6 Å². The van der Waals surface area contributed by atoms with E-state index in [1.54, 1.807) is 0 Å². The summed E-state index contributed by atoms with van der Waals surface area (Å²) in [5.41, 5.74) is 0.0739. The molecule has 0 fully saturated rings. The minimum Gasteiger partial charge on any atom is -0.303 e. The fourth-order valence-corrected chi connectivity index (χ4v) is 8.26. The van der Waals surface area contributed by atoms with Gasteiger partial charge in [0.1, 0.15) is 0 Å². The Bertz CT molecular complexity index is 1550. The maximum absolute atomic E-state index is 13.6. The van der Waals surface area contributed by atoms with Gasteiger partial charge in [0.05, 0.1) is 9.79 Å². The van der Waals surface area contributed by atoms with Gasteiger partial charge in [-0.15, -0.1) is 0 Å². The van der Waals surface area contributed by atoms with Crippen molar-refractivity contribution in [2.45, 2.75) is 104 Å². The molecule has 1 aliphatic rings. The molecule has 0 aliphatic heterocycles. The van der Waals surface area contributed by atoms with Crippen molar-refractivity contribution in [2.75, 3.05) is 52.4 Å². The molecule has 0 radical (unpaired) electrons. The van der Waals surface area contributed by atoms with Gasteiger partial charge in [-0.2, -0.15) is 0 Å². The third-order valence-corrected chi connectivity index (χ3v) is 12.5. The lowest BCUT2D eigenvalue weighted by atomic mass is 9.84. The first-order valence-electron chi connectivity index (χ1n) is 19.2.